The van der Waals surface area contributed by atoms with Crippen LogP contribution in [-0.2, 0) is 0 Å². The molecule has 8 heavy (non-hydrogen) atoms. The molecule has 49 valence electrons. The molecule has 0 spiro atoms. The SMILES string of the molecule is CCCC(C)CS[S]. The van der Waals surface area contributed by atoms with Crippen LogP contribution in [0.4, 0.5) is 0 Å². The molecule has 0 N–H and O–H groups in total. The first-order valence-corrected chi connectivity index (χ1v) is 4.97. The summed E-state index contributed by atoms with van der Waals surface area (Å²) in [4.78, 5) is 0. The Labute approximate surface area is 61.2 Å². The van der Waals surface area contributed by atoms with Crippen molar-refractivity contribution in [2.75, 3.05) is 5.75 Å². The Kier molecular flexibility index (Phi) is 6.34. The van der Waals surface area contributed by atoms with Gasteiger partial charge in [0.05, 0.1) is 0 Å². The standard InChI is InChI=1S/C6H13S2/c1-3-4-6(2)5-8-7/h6H,3-5H2,1-2H3. The van der Waals surface area contributed by atoms with E-state index in [-0.39, 0.29) is 0 Å². The summed E-state index contributed by atoms with van der Waals surface area (Å²) < 4.78 is 0. The van der Waals surface area contributed by atoms with Gasteiger partial charge < -0.3 is 0 Å². The van der Waals surface area contributed by atoms with E-state index in [0.29, 0.717) is 0 Å². The first-order valence-electron chi connectivity index (χ1n) is 3.06. The summed E-state index contributed by atoms with van der Waals surface area (Å²) in [5, 5.41) is 0. The minimum absolute atomic E-state index is 0.822. The van der Waals surface area contributed by atoms with Crippen LogP contribution >= 0.6 is 22.5 Å². The normalized spacial score (nSPS) is 13.9. The first-order chi connectivity index (χ1) is 3.81. The number of hydrogen-bond donors (Lipinski definition) is 0. The highest BCUT2D eigenvalue weighted by Gasteiger charge is 1.97. The minimum atomic E-state index is 0.822. The van der Waals surface area contributed by atoms with E-state index in [9.17, 15) is 0 Å². The molecule has 1 atom stereocenters. The quantitative estimate of drug-likeness (QED) is 0.553. The van der Waals surface area contributed by atoms with Crippen LogP contribution in [0.5, 0.6) is 0 Å². The fraction of sp³-hybridized carbons (Fsp3) is 1.00. The van der Waals surface area contributed by atoms with Crippen LogP contribution in [0, 0.1) is 5.92 Å². The molecule has 0 nitrogen and oxygen atoms in total. The maximum atomic E-state index is 4.76. The molecular formula is C6H13S2. The number of rotatable bonds is 4. The zero-order chi connectivity index (χ0) is 6.41. The molecular weight excluding hydrogens is 136 g/mol. The van der Waals surface area contributed by atoms with Gasteiger partial charge >= 0.3 is 0 Å². The van der Waals surface area contributed by atoms with E-state index in [1.807, 2.05) is 0 Å². The Bertz CT molecular complexity index is 39.8. The van der Waals surface area contributed by atoms with Crippen molar-refractivity contribution < 1.29 is 0 Å². The Morgan fingerprint density at radius 1 is 1.62 bits per heavy atom. The summed E-state index contributed by atoms with van der Waals surface area (Å²) in [7, 11) is 1.53. The fourth-order valence-corrected chi connectivity index (χ4v) is 1.79. The van der Waals surface area contributed by atoms with Crippen molar-refractivity contribution in [1.82, 2.24) is 0 Å². The molecule has 0 rings (SSSR count). The van der Waals surface area contributed by atoms with Gasteiger partial charge in [-0.15, -0.1) is 0 Å². The Balaban J connectivity index is 2.92. The zero-order valence-electron chi connectivity index (χ0n) is 5.52. The molecule has 0 fully saturated rings. The Hall–Kier alpha value is 0.700. The predicted molar refractivity (Wildman–Crippen MR) is 44.1 cm³/mol. The average Bonchev–Trinajstić information content (AvgIpc) is 1.68. The molecule has 0 saturated heterocycles. The first kappa shape index (κ1) is 8.70. The van der Waals surface area contributed by atoms with Gasteiger partial charge in [-0.2, -0.15) is 0 Å². The maximum Gasteiger partial charge on any atom is 0.00711 e. The third-order valence-corrected chi connectivity index (χ3v) is 2.25. The summed E-state index contributed by atoms with van der Waals surface area (Å²) in [5.41, 5.74) is 0. The van der Waals surface area contributed by atoms with Gasteiger partial charge in [-0.05, 0) is 17.6 Å². The third kappa shape index (κ3) is 4.85. The van der Waals surface area contributed by atoms with Crippen molar-refractivity contribution in [3.63, 3.8) is 0 Å². The van der Waals surface area contributed by atoms with E-state index in [0.717, 1.165) is 11.7 Å². The van der Waals surface area contributed by atoms with E-state index in [2.05, 4.69) is 13.8 Å². The lowest BCUT2D eigenvalue weighted by Gasteiger charge is -2.04. The Morgan fingerprint density at radius 3 is 2.62 bits per heavy atom. The van der Waals surface area contributed by atoms with Crippen LogP contribution in [0.3, 0.4) is 0 Å². The highest BCUT2D eigenvalue weighted by Crippen LogP contribution is 2.14. The molecule has 1 radical (unpaired) electrons. The van der Waals surface area contributed by atoms with Crippen LogP contribution in [0.15, 0.2) is 0 Å². The highest BCUT2D eigenvalue weighted by atomic mass is 33.1. The average molecular weight is 149 g/mol. The van der Waals surface area contributed by atoms with Crippen molar-refractivity contribution in [2.45, 2.75) is 26.7 Å². The van der Waals surface area contributed by atoms with Crippen LogP contribution in [0.1, 0.15) is 26.7 Å². The highest BCUT2D eigenvalue weighted by molar-refractivity contribution is 8.68. The van der Waals surface area contributed by atoms with Crippen LogP contribution in [-0.4, -0.2) is 5.75 Å². The summed E-state index contributed by atoms with van der Waals surface area (Å²) in [6, 6.07) is 0. The predicted octanol–water partition coefficient (Wildman–Crippen LogP) is 3.27. The second-order valence-electron chi connectivity index (χ2n) is 2.18. The molecule has 0 amide bonds. The lowest BCUT2D eigenvalue weighted by molar-refractivity contribution is 0.586. The maximum absolute atomic E-state index is 4.76. The van der Waals surface area contributed by atoms with Gasteiger partial charge in [0.15, 0.2) is 0 Å². The second kappa shape index (κ2) is 5.83. The van der Waals surface area contributed by atoms with Crippen molar-refractivity contribution in [2.24, 2.45) is 5.92 Å². The summed E-state index contributed by atoms with van der Waals surface area (Å²) in [5.74, 6) is 1.96. The van der Waals surface area contributed by atoms with Crippen LogP contribution < -0.4 is 0 Å². The molecule has 0 bridgehead atoms. The van der Waals surface area contributed by atoms with Crippen molar-refractivity contribution in [3.8, 4) is 0 Å². The van der Waals surface area contributed by atoms with Gasteiger partial charge in [-0.3, -0.25) is 0 Å². The van der Waals surface area contributed by atoms with Crippen molar-refractivity contribution in [3.05, 3.63) is 0 Å². The molecule has 1 unspecified atom stereocenters. The molecule has 0 aliphatic carbocycles. The van der Waals surface area contributed by atoms with Gasteiger partial charge in [-0.25, -0.2) is 0 Å². The Morgan fingerprint density at radius 2 is 2.25 bits per heavy atom. The molecule has 0 heterocycles. The van der Waals surface area contributed by atoms with Crippen molar-refractivity contribution >= 4 is 22.5 Å². The topological polar surface area (TPSA) is 0 Å². The monoisotopic (exact) mass is 149 g/mol. The minimum Gasteiger partial charge on any atom is -0.0815 e. The molecule has 0 aliphatic heterocycles. The second-order valence-corrected chi connectivity index (χ2v) is 3.45. The molecule has 2 heteroatoms. The summed E-state index contributed by atoms with van der Waals surface area (Å²) in [6.07, 6.45) is 2.61. The molecule has 0 aliphatic rings. The van der Waals surface area contributed by atoms with Gasteiger partial charge in [0.25, 0.3) is 0 Å². The van der Waals surface area contributed by atoms with Gasteiger partial charge in [-0.1, -0.05) is 37.5 Å². The summed E-state index contributed by atoms with van der Waals surface area (Å²) in [6.45, 7) is 4.47. The zero-order valence-corrected chi connectivity index (χ0v) is 7.15. The molecule has 0 saturated carbocycles. The van der Waals surface area contributed by atoms with Crippen molar-refractivity contribution in [1.29, 1.82) is 0 Å². The van der Waals surface area contributed by atoms with E-state index < -0.39 is 0 Å². The molecule has 0 aromatic carbocycles. The van der Waals surface area contributed by atoms with E-state index >= 15 is 0 Å². The van der Waals surface area contributed by atoms with E-state index in [1.54, 1.807) is 0 Å². The third-order valence-electron chi connectivity index (χ3n) is 1.13. The van der Waals surface area contributed by atoms with E-state index in [4.69, 9.17) is 11.7 Å². The summed E-state index contributed by atoms with van der Waals surface area (Å²) >= 11 is 4.76. The lowest BCUT2D eigenvalue weighted by atomic mass is 10.1. The van der Waals surface area contributed by atoms with E-state index in [1.165, 1.54) is 23.6 Å². The fourth-order valence-electron chi connectivity index (χ4n) is 0.692. The number of hydrogen-bond acceptors (Lipinski definition) is 1. The smallest absolute Gasteiger partial charge is 0.00711 e. The lowest BCUT2D eigenvalue weighted by Crippen LogP contribution is -1.94. The molecule has 0 aromatic rings. The van der Waals surface area contributed by atoms with Gasteiger partial charge in [0.2, 0.25) is 0 Å². The molecule has 0 aromatic heterocycles. The largest absolute Gasteiger partial charge is 0.0815 e. The van der Waals surface area contributed by atoms with Gasteiger partial charge in [0, 0.05) is 5.75 Å². The van der Waals surface area contributed by atoms with Crippen LogP contribution in [0.25, 0.3) is 0 Å². The van der Waals surface area contributed by atoms with Gasteiger partial charge in [0.1, 0.15) is 0 Å². The van der Waals surface area contributed by atoms with Crippen LogP contribution in [0.2, 0.25) is 0 Å².